The molecule has 4 heteroatoms. The molecule has 0 unspecified atom stereocenters. The molecule has 0 bridgehead atoms. The minimum absolute atomic E-state index is 0.721. The van der Waals surface area contributed by atoms with Crippen molar-refractivity contribution in [3.05, 3.63) is 42.2 Å². The van der Waals surface area contributed by atoms with Gasteiger partial charge in [-0.15, -0.1) is 0 Å². The van der Waals surface area contributed by atoms with Crippen molar-refractivity contribution in [1.29, 1.82) is 0 Å². The van der Waals surface area contributed by atoms with E-state index in [2.05, 4.69) is 16.4 Å². The zero-order chi connectivity index (χ0) is 13.7. The van der Waals surface area contributed by atoms with E-state index in [1.165, 1.54) is 0 Å². The topological polar surface area (TPSA) is 43.4 Å². The fourth-order valence-electron chi connectivity index (χ4n) is 2.05. The number of pyridine rings is 1. The lowest BCUT2D eigenvalue weighted by Gasteiger charge is -2.13. The van der Waals surface area contributed by atoms with Gasteiger partial charge in [-0.2, -0.15) is 0 Å². The molecule has 0 amide bonds. The summed E-state index contributed by atoms with van der Waals surface area (Å²) in [5.74, 6) is 1.45. The van der Waals surface area contributed by atoms with Gasteiger partial charge in [0, 0.05) is 30.1 Å². The van der Waals surface area contributed by atoms with Crippen molar-refractivity contribution >= 4 is 0 Å². The predicted octanol–water partition coefficient (Wildman–Crippen LogP) is 2.49. The van der Waals surface area contributed by atoms with E-state index >= 15 is 0 Å². The third-order valence-electron chi connectivity index (χ3n) is 2.89. The summed E-state index contributed by atoms with van der Waals surface area (Å²) in [6.07, 6.45) is 3.68. The summed E-state index contributed by atoms with van der Waals surface area (Å²) in [5, 5.41) is 3.12. The second-order valence-electron chi connectivity index (χ2n) is 4.15. The zero-order valence-electron chi connectivity index (χ0n) is 11.4. The number of nitrogens with one attached hydrogen (secondary N) is 1. The minimum Gasteiger partial charge on any atom is -0.493 e. The Morgan fingerprint density at radius 1 is 1.16 bits per heavy atom. The first-order valence-corrected chi connectivity index (χ1v) is 6.10. The summed E-state index contributed by atoms with van der Waals surface area (Å²) in [4.78, 5) is 4.27. The highest BCUT2D eigenvalue weighted by Crippen LogP contribution is 2.37. The van der Waals surface area contributed by atoms with Crippen LogP contribution in [0.25, 0.3) is 11.1 Å². The Kier molecular flexibility index (Phi) is 4.36. The number of rotatable bonds is 5. The van der Waals surface area contributed by atoms with Crippen LogP contribution in [0.1, 0.15) is 5.56 Å². The molecule has 0 fully saturated rings. The van der Waals surface area contributed by atoms with Gasteiger partial charge in [0.1, 0.15) is 0 Å². The largest absolute Gasteiger partial charge is 0.493 e. The van der Waals surface area contributed by atoms with Crippen molar-refractivity contribution in [3.63, 3.8) is 0 Å². The van der Waals surface area contributed by atoms with Gasteiger partial charge in [-0.1, -0.05) is 12.1 Å². The maximum absolute atomic E-state index is 5.45. The number of aromatic nitrogens is 1. The van der Waals surface area contributed by atoms with Gasteiger partial charge < -0.3 is 14.8 Å². The van der Waals surface area contributed by atoms with E-state index in [-0.39, 0.29) is 0 Å². The summed E-state index contributed by atoms with van der Waals surface area (Å²) in [6, 6.07) is 7.93. The Labute approximate surface area is 113 Å². The van der Waals surface area contributed by atoms with Gasteiger partial charge in [0.25, 0.3) is 0 Å². The molecule has 1 aromatic carbocycles. The third kappa shape index (κ3) is 2.85. The van der Waals surface area contributed by atoms with E-state index in [0.717, 1.165) is 34.7 Å². The second-order valence-corrected chi connectivity index (χ2v) is 4.15. The van der Waals surface area contributed by atoms with Gasteiger partial charge in [0.05, 0.1) is 14.2 Å². The smallest absolute Gasteiger partial charge is 0.168 e. The fourth-order valence-corrected chi connectivity index (χ4v) is 2.05. The molecular formula is C15H18N2O2. The molecule has 0 saturated carbocycles. The molecule has 2 rings (SSSR count). The first kappa shape index (κ1) is 13.4. The number of methoxy groups -OCH3 is 2. The van der Waals surface area contributed by atoms with Crippen LogP contribution in [-0.2, 0) is 6.54 Å². The zero-order valence-corrected chi connectivity index (χ0v) is 11.4. The minimum atomic E-state index is 0.721. The lowest BCUT2D eigenvalue weighted by atomic mass is 10.0. The van der Waals surface area contributed by atoms with Crippen LogP contribution < -0.4 is 14.8 Å². The first-order valence-electron chi connectivity index (χ1n) is 6.10. The number of hydrogen-bond acceptors (Lipinski definition) is 4. The molecular weight excluding hydrogens is 240 g/mol. The highest BCUT2D eigenvalue weighted by Gasteiger charge is 2.11. The highest BCUT2D eigenvalue weighted by molar-refractivity contribution is 5.73. The molecule has 19 heavy (non-hydrogen) atoms. The molecule has 1 heterocycles. The number of hydrogen-bond donors (Lipinski definition) is 1. The number of nitrogens with zero attached hydrogens (tertiary/aromatic N) is 1. The van der Waals surface area contributed by atoms with Crippen molar-refractivity contribution in [3.8, 4) is 22.6 Å². The van der Waals surface area contributed by atoms with Gasteiger partial charge in [0.2, 0.25) is 0 Å². The Balaban J connectivity index is 2.49. The molecule has 0 saturated heterocycles. The maximum atomic E-state index is 5.45. The van der Waals surface area contributed by atoms with Crippen LogP contribution in [-0.4, -0.2) is 26.3 Å². The van der Waals surface area contributed by atoms with E-state index < -0.39 is 0 Å². The SMILES string of the molecule is CNCc1cncc(-c2cccc(OC)c2OC)c1. The van der Waals surface area contributed by atoms with Crippen LogP contribution in [0.3, 0.4) is 0 Å². The van der Waals surface area contributed by atoms with Gasteiger partial charge in [-0.3, -0.25) is 4.98 Å². The molecule has 0 radical (unpaired) electrons. The van der Waals surface area contributed by atoms with Crippen LogP contribution >= 0.6 is 0 Å². The number of para-hydroxylation sites is 1. The molecule has 0 aliphatic heterocycles. The average Bonchev–Trinajstić information content (AvgIpc) is 2.47. The summed E-state index contributed by atoms with van der Waals surface area (Å²) in [5.41, 5.74) is 3.13. The Hall–Kier alpha value is -2.07. The molecule has 0 aliphatic carbocycles. The molecule has 0 spiro atoms. The summed E-state index contributed by atoms with van der Waals surface area (Å²) < 4.78 is 10.8. The predicted molar refractivity (Wildman–Crippen MR) is 75.5 cm³/mol. The Morgan fingerprint density at radius 3 is 2.68 bits per heavy atom. The monoisotopic (exact) mass is 258 g/mol. The fraction of sp³-hybridized carbons (Fsp3) is 0.267. The third-order valence-corrected chi connectivity index (χ3v) is 2.89. The van der Waals surface area contributed by atoms with Crippen LogP contribution in [0, 0.1) is 0 Å². The summed E-state index contributed by atoms with van der Waals surface area (Å²) in [7, 11) is 5.20. The number of ether oxygens (including phenoxy) is 2. The standard InChI is InChI=1S/C15H18N2O2/c1-16-8-11-7-12(10-17-9-11)13-5-4-6-14(18-2)15(13)19-3/h4-7,9-10,16H,8H2,1-3H3. The van der Waals surface area contributed by atoms with Gasteiger partial charge in [-0.25, -0.2) is 0 Å². The quantitative estimate of drug-likeness (QED) is 0.894. The van der Waals surface area contributed by atoms with E-state index in [1.807, 2.05) is 37.6 Å². The van der Waals surface area contributed by atoms with Crippen LogP contribution in [0.5, 0.6) is 11.5 Å². The van der Waals surface area contributed by atoms with Crippen LogP contribution in [0.15, 0.2) is 36.7 Å². The lowest BCUT2D eigenvalue weighted by Crippen LogP contribution is -2.05. The average molecular weight is 258 g/mol. The molecule has 100 valence electrons. The lowest BCUT2D eigenvalue weighted by molar-refractivity contribution is 0.356. The normalized spacial score (nSPS) is 10.3. The van der Waals surface area contributed by atoms with Crippen LogP contribution in [0.2, 0.25) is 0 Å². The van der Waals surface area contributed by atoms with Crippen LogP contribution in [0.4, 0.5) is 0 Å². The molecule has 1 N–H and O–H groups in total. The first-order chi connectivity index (χ1) is 9.30. The molecule has 0 aliphatic rings. The number of benzene rings is 1. The van der Waals surface area contributed by atoms with Gasteiger partial charge >= 0.3 is 0 Å². The Morgan fingerprint density at radius 2 is 2.00 bits per heavy atom. The van der Waals surface area contributed by atoms with Crippen molar-refractivity contribution < 1.29 is 9.47 Å². The van der Waals surface area contributed by atoms with Crippen molar-refractivity contribution in [2.24, 2.45) is 0 Å². The van der Waals surface area contributed by atoms with Gasteiger partial charge in [-0.05, 0) is 24.7 Å². The van der Waals surface area contributed by atoms with E-state index in [0.29, 0.717) is 0 Å². The Bertz CT molecular complexity index is 556. The molecule has 2 aromatic rings. The highest BCUT2D eigenvalue weighted by atomic mass is 16.5. The molecule has 4 nitrogen and oxygen atoms in total. The van der Waals surface area contributed by atoms with Crippen molar-refractivity contribution in [2.45, 2.75) is 6.54 Å². The van der Waals surface area contributed by atoms with Crippen molar-refractivity contribution in [2.75, 3.05) is 21.3 Å². The van der Waals surface area contributed by atoms with E-state index in [4.69, 9.17) is 9.47 Å². The molecule has 0 atom stereocenters. The van der Waals surface area contributed by atoms with E-state index in [1.54, 1.807) is 14.2 Å². The second kappa shape index (κ2) is 6.20. The summed E-state index contributed by atoms with van der Waals surface area (Å²) in [6.45, 7) is 0.785. The van der Waals surface area contributed by atoms with Crippen molar-refractivity contribution in [1.82, 2.24) is 10.3 Å². The summed E-state index contributed by atoms with van der Waals surface area (Å²) >= 11 is 0. The molecule has 1 aromatic heterocycles. The van der Waals surface area contributed by atoms with Gasteiger partial charge in [0.15, 0.2) is 11.5 Å². The van der Waals surface area contributed by atoms with E-state index in [9.17, 15) is 0 Å². The maximum Gasteiger partial charge on any atom is 0.168 e.